The lowest BCUT2D eigenvalue weighted by Crippen LogP contribution is -2.50. The number of esters is 2. The molecule has 0 aliphatic heterocycles. The average Bonchev–Trinajstić information content (AvgIpc) is 3.11. The molecule has 2 atom stereocenters. The van der Waals surface area contributed by atoms with Crippen molar-refractivity contribution in [2.45, 2.75) is 206 Å². The molecular formula is C45H84NO7+. The fourth-order valence-electron chi connectivity index (χ4n) is 6.44. The first-order valence-corrected chi connectivity index (χ1v) is 21.9. The van der Waals surface area contributed by atoms with E-state index in [4.69, 9.17) is 14.2 Å². The van der Waals surface area contributed by atoms with Crippen molar-refractivity contribution in [3.63, 3.8) is 0 Å². The van der Waals surface area contributed by atoms with Crippen LogP contribution in [0.1, 0.15) is 194 Å². The normalized spacial score (nSPS) is 13.2. The number of likely N-dealkylation sites (N-methyl/N-ethyl adjacent to an activating group) is 1. The number of hydrogen-bond acceptors (Lipinski definition) is 6. The zero-order valence-corrected chi connectivity index (χ0v) is 35.2. The van der Waals surface area contributed by atoms with Gasteiger partial charge in [-0.1, -0.05) is 160 Å². The maximum atomic E-state index is 12.7. The summed E-state index contributed by atoms with van der Waals surface area (Å²) >= 11 is 0. The highest BCUT2D eigenvalue weighted by Crippen LogP contribution is 2.15. The lowest BCUT2D eigenvalue weighted by molar-refractivity contribution is -0.887. The molecule has 0 fully saturated rings. The maximum Gasteiger partial charge on any atom is 0.362 e. The van der Waals surface area contributed by atoms with Crippen molar-refractivity contribution in [2.75, 3.05) is 41.0 Å². The number of allylic oxidation sites excluding steroid dienone is 4. The molecular weight excluding hydrogens is 666 g/mol. The van der Waals surface area contributed by atoms with Crippen LogP contribution in [0, 0.1) is 0 Å². The topological polar surface area (TPSA) is 99.1 Å². The predicted octanol–water partition coefficient (Wildman–Crippen LogP) is 11.7. The van der Waals surface area contributed by atoms with Gasteiger partial charge in [0.1, 0.15) is 6.61 Å². The van der Waals surface area contributed by atoms with Crippen molar-refractivity contribution in [2.24, 2.45) is 0 Å². The number of nitrogens with zero attached hydrogens (tertiary/aromatic N) is 1. The zero-order valence-electron chi connectivity index (χ0n) is 35.2. The molecule has 0 aliphatic rings. The van der Waals surface area contributed by atoms with E-state index in [9.17, 15) is 19.5 Å². The molecule has 0 spiro atoms. The Kier molecular flexibility index (Phi) is 35.2. The molecule has 310 valence electrons. The number of quaternary nitrogens is 1. The molecule has 53 heavy (non-hydrogen) atoms. The summed E-state index contributed by atoms with van der Waals surface area (Å²) in [5.41, 5.74) is 0. The minimum absolute atomic E-state index is 0.0483. The van der Waals surface area contributed by atoms with Crippen LogP contribution in [0.5, 0.6) is 0 Å². The summed E-state index contributed by atoms with van der Waals surface area (Å²) in [5.74, 6) is -1.47. The van der Waals surface area contributed by atoms with Crippen LogP contribution in [0.25, 0.3) is 0 Å². The molecule has 0 rings (SSSR count). The van der Waals surface area contributed by atoms with E-state index in [1.165, 1.54) is 122 Å². The Morgan fingerprint density at radius 1 is 0.566 bits per heavy atom. The van der Waals surface area contributed by atoms with Crippen LogP contribution >= 0.6 is 0 Å². The molecule has 0 aliphatic carbocycles. The van der Waals surface area contributed by atoms with Gasteiger partial charge in [-0.3, -0.25) is 9.59 Å². The molecule has 0 aromatic carbocycles. The first kappa shape index (κ1) is 50.8. The quantitative estimate of drug-likeness (QED) is 0.0289. The highest BCUT2D eigenvalue weighted by molar-refractivity contribution is 5.72. The molecule has 0 saturated carbocycles. The van der Waals surface area contributed by atoms with E-state index < -0.39 is 18.1 Å². The van der Waals surface area contributed by atoms with Crippen molar-refractivity contribution in [3.05, 3.63) is 24.3 Å². The van der Waals surface area contributed by atoms with Crippen LogP contribution in [0.15, 0.2) is 24.3 Å². The standard InChI is InChI=1S/C45H83NO7/c1-6-8-10-12-14-16-18-19-20-21-22-23-24-25-26-28-30-32-34-36-44(48)53-41(39-51-38-37-42(45(49)50)46(3,4)5)40-52-43(47)35-33-31-29-27-17-15-13-11-9-7-2/h14,16,18-19,41-42H,6-13,15,17,20-40H2,1-5H3/p+1/b16-14+,19-18+. The van der Waals surface area contributed by atoms with Gasteiger partial charge in [0.05, 0.1) is 34.4 Å². The minimum atomic E-state index is -0.874. The molecule has 1 N–H and O–H groups in total. The Bertz CT molecular complexity index is 926. The van der Waals surface area contributed by atoms with Gasteiger partial charge in [0, 0.05) is 19.3 Å². The van der Waals surface area contributed by atoms with Crippen LogP contribution in [0.2, 0.25) is 0 Å². The lowest BCUT2D eigenvalue weighted by atomic mass is 10.1. The fourth-order valence-corrected chi connectivity index (χ4v) is 6.44. The van der Waals surface area contributed by atoms with Gasteiger partial charge in [0.15, 0.2) is 12.1 Å². The van der Waals surface area contributed by atoms with Gasteiger partial charge >= 0.3 is 17.9 Å². The fraction of sp³-hybridized carbons (Fsp3) is 0.844. The highest BCUT2D eigenvalue weighted by Gasteiger charge is 2.31. The molecule has 2 unspecified atom stereocenters. The van der Waals surface area contributed by atoms with Crippen LogP contribution < -0.4 is 0 Å². The number of hydrogen-bond donors (Lipinski definition) is 1. The number of unbranched alkanes of at least 4 members (excludes halogenated alkanes) is 22. The van der Waals surface area contributed by atoms with E-state index in [-0.39, 0.29) is 36.2 Å². The van der Waals surface area contributed by atoms with Crippen LogP contribution in [0.4, 0.5) is 0 Å². The number of carbonyl (C=O) groups excluding carboxylic acids is 2. The molecule has 0 heterocycles. The third-order valence-corrected chi connectivity index (χ3v) is 9.88. The van der Waals surface area contributed by atoms with E-state index in [1.54, 1.807) is 0 Å². The number of carbonyl (C=O) groups is 3. The van der Waals surface area contributed by atoms with E-state index in [0.29, 0.717) is 19.3 Å². The van der Waals surface area contributed by atoms with Gasteiger partial charge in [0.25, 0.3) is 0 Å². The van der Waals surface area contributed by atoms with Gasteiger partial charge in [-0.2, -0.15) is 0 Å². The van der Waals surface area contributed by atoms with Crippen molar-refractivity contribution in [1.29, 1.82) is 0 Å². The predicted molar refractivity (Wildman–Crippen MR) is 220 cm³/mol. The maximum absolute atomic E-state index is 12.7. The van der Waals surface area contributed by atoms with Gasteiger partial charge < -0.3 is 23.8 Å². The van der Waals surface area contributed by atoms with Gasteiger partial charge in [-0.05, 0) is 38.5 Å². The minimum Gasteiger partial charge on any atom is -0.477 e. The van der Waals surface area contributed by atoms with Crippen LogP contribution in [0.3, 0.4) is 0 Å². The Morgan fingerprint density at radius 2 is 0.981 bits per heavy atom. The van der Waals surface area contributed by atoms with E-state index in [2.05, 4.69) is 38.2 Å². The number of ether oxygens (including phenoxy) is 3. The number of rotatable bonds is 39. The van der Waals surface area contributed by atoms with Crippen LogP contribution in [-0.4, -0.2) is 80.6 Å². The van der Waals surface area contributed by atoms with Crippen molar-refractivity contribution in [3.8, 4) is 0 Å². The summed E-state index contributed by atoms with van der Waals surface area (Å²) in [6, 6.07) is -0.611. The summed E-state index contributed by atoms with van der Waals surface area (Å²) in [6.45, 7) is 4.70. The summed E-state index contributed by atoms with van der Waals surface area (Å²) < 4.78 is 17.3. The smallest absolute Gasteiger partial charge is 0.362 e. The first-order chi connectivity index (χ1) is 25.6. The number of aliphatic carboxylic acids is 1. The van der Waals surface area contributed by atoms with Crippen molar-refractivity contribution < 1.29 is 38.2 Å². The molecule has 0 amide bonds. The monoisotopic (exact) mass is 751 g/mol. The highest BCUT2D eigenvalue weighted by atomic mass is 16.6. The Balaban J connectivity index is 4.29. The first-order valence-electron chi connectivity index (χ1n) is 21.9. The molecule has 8 nitrogen and oxygen atoms in total. The van der Waals surface area contributed by atoms with Gasteiger partial charge in [0.2, 0.25) is 0 Å². The summed E-state index contributed by atoms with van der Waals surface area (Å²) in [5, 5.41) is 9.60. The molecule has 0 aromatic heterocycles. The largest absolute Gasteiger partial charge is 0.477 e. The van der Waals surface area contributed by atoms with E-state index in [0.717, 1.165) is 38.5 Å². The average molecular weight is 751 g/mol. The molecule has 8 heteroatoms. The zero-order chi connectivity index (χ0) is 39.3. The Morgan fingerprint density at radius 3 is 1.45 bits per heavy atom. The van der Waals surface area contributed by atoms with E-state index in [1.807, 2.05) is 21.1 Å². The van der Waals surface area contributed by atoms with Gasteiger partial charge in [-0.25, -0.2) is 4.79 Å². The third kappa shape index (κ3) is 35.3. The van der Waals surface area contributed by atoms with Crippen molar-refractivity contribution in [1.82, 2.24) is 0 Å². The second-order valence-electron chi connectivity index (χ2n) is 16.0. The summed E-state index contributed by atoms with van der Waals surface area (Å²) in [4.78, 5) is 36.9. The van der Waals surface area contributed by atoms with Crippen molar-refractivity contribution >= 4 is 17.9 Å². The second-order valence-corrected chi connectivity index (χ2v) is 16.0. The van der Waals surface area contributed by atoms with Gasteiger partial charge in [-0.15, -0.1) is 0 Å². The van der Waals surface area contributed by atoms with E-state index >= 15 is 0 Å². The SMILES string of the molecule is CCCCC/C=C/C=C/CCCCCCCCCCCCC(=O)OC(COCCC(C(=O)O)[N+](C)(C)C)COC(=O)CCCCCCCCCCCC. The lowest BCUT2D eigenvalue weighted by Gasteiger charge is -2.31. The second kappa shape index (κ2) is 36.8. The van der Waals surface area contributed by atoms with Crippen LogP contribution in [-0.2, 0) is 28.6 Å². The summed E-state index contributed by atoms with van der Waals surface area (Å²) in [6.07, 6.45) is 39.3. The molecule has 0 radical (unpaired) electrons. The Hall–Kier alpha value is -2.19. The Labute approximate surface area is 326 Å². The molecule has 0 aromatic rings. The molecule has 0 bridgehead atoms. The number of carboxylic acids is 1. The third-order valence-electron chi connectivity index (χ3n) is 9.88. The summed E-state index contributed by atoms with van der Waals surface area (Å²) in [7, 11) is 5.53. The number of carboxylic acid groups (broad SMARTS) is 1. The molecule has 0 saturated heterocycles.